The second-order valence-electron chi connectivity index (χ2n) is 3.22. The first-order chi connectivity index (χ1) is 6.94. The van der Waals surface area contributed by atoms with E-state index in [0.29, 0.717) is 19.3 Å². The molecule has 0 aliphatic heterocycles. The maximum Gasteiger partial charge on any atom is 0.376 e. The Bertz CT molecular complexity index is 200. The molecule has 0 bridgehead atoms. The summed E-state index contributed by atoms with van der Waals surface area (Å²) in [6.07, 6.45) is 1.34. The molecule has 1 N–H and O–H groups in total. The molecule has 6 heteroatoms. The molecule has 0 rings (SSSR count). The maximum atomic E-state index is 13.0. The van der Waals surface area contributed by atoms with Gasteiger partial charge < -0.3 is 9.84 Å². The Balaban J connectivity index is 3.93. The third-order valence-corrected chi connectivity index (χ3v) is 2.95. The van der Waals surface area contributed by atoms with E-state index in [4.69, 9.17) is 5.11 Å². The van der Waals surface area contributed by atoms with Crippen molar-refractivity contribution in [2.24, 2.45) is 0 Å². The first kappa shape index (κ1) is 15.0. The number of esters is 1. The van der Waals surface area contributed by atoms with E-state index in [1.54, 1.807) is 0 Å². The van der Waals surface area contributed by atoms with Gasteiger partial charge in [-0.25, -0.2) is 4.79 Å². The van der Waals surface area contributed by atoms with Crippen LogP contribution in [-0.2, 0) is 9.53 Å². The van der Waals surface area contributed by atoms with E-state index >= 15 is 0 Å². The van der Waals surface area contributed by atoms with Crippen LogP contribution in [0.3, 0.4) is 0 Å². The summed E-state index contributed by atoms with van der Waals surface area (Å²) in [4.78, 5) is 10.7. The molecule has 0 radical (unpaired) electrons. The van der Waals surface area contributed by atoms with Crippen LogP contribution in [0.2, 0.25) is 0 Å². The first-order valence-corrected chi connectivity index (χ1v) is 5.89. The lowest BCUT2D eigenvalue weighted by atomic mass is 10.1. The van der Waals surface area contributed by atoms with E-state index < -0.39 is 18.3 Å². The van der Waals surface area contributed by atoms with Crippen molar-refractivity contribution < 1.29 is 23.4 Å². The summed E-state index contributed by atoms with van der Waals surface area (Å²) in [6, 6.07) is 0. The number of alkyl halides is 3. The summed E-state index contributed by atoms with van der Waals surface area (Å²) in [7, 11) is 0.949. The molecule has 0 heterocycles. The lowest BCUT2D eigenvalue weighted by Gasteiger charge is -2.17. The first-order valence-electron chi connectivity index (χ1n) is 4.65. The average Bonchev–Trinajstić information content (AvgIpc) is 2.16. The smallest absolute Gasteiger partial charge is 0.376 e. The standard InChI is InChI=1S/C9H15F2IO3/c1-15-8(14)9(10,11)6-7(12)4-2-3-5-13/h7,13H,2-6H2,1H3. The van der Waals surface area contributed by atoms with Crippen LogP contribution in [0.5, 0.6) is 0 Å². The zero-order valence-corrected chi connectivity index (χ0v) is 10.7. The van der Waals surface area contributed by atoms with Crippen molar-refractivity contribution in [1.29, 1.82) is 0 Å². The molecule has 1 atom stereocenters. The van der Waals surface area contributed by atoms with Crippen molar-refractivity contribution in [2.75, 3.05) is 13.7 Å². The summed E-state index contributed by atoms with van der Waals surface area (Å²) in [5.74, 6) is -4.88. The van der Waals surface area contributed by atoms with Crippen LogP contribution in [0.4, 0.5) is 8.78 Å². The Morgan fingerprint density at radius 1 is 1.53 bits per heavy atom. The highest BCUT2D eigenvalue weighted by atomic mass is 127. The highest BCUT2D eigenvalue weighted by molar-refractivity contribution is 14.1. The number of aliphatic hydroxyl groups is 1. The number of carbonyl (C=O) groups excluding carboxylic acids is 1. The van der Waals surface area contributed by atoms with Crippen LogP contribution in [0, 0.1) is 0 Å². The topological polar surface area (TPSA) is 46.5 Å². The Morgan fingerprint density at radius 2 is 2.13 bits per heavy atom. The normalized spacial score (nSPS) is 13.7. The average molecular weight is 336 g/mol. The lowest BCUT2D eigenvalue weighted by molar-refractivity contribution is -0.169. The molecule has 1 unspecified atom stereocenters. The molecule has 0 saturated carbocycles. The van der Waals surface area contributed by atoms with Gasteiger partial charge in [0, 0.05) is 17.0 Å². The molecule has 0 spiro atoms. The van der Waals surface area contributed by atoms with E-state index in [1.165, 1.54) is 0 Å². The fraction of sp³-hybridized carbons (Fsp3) is 0.889. The number of hydrogen-bond acceptors (Lipinski definition) is 3. The van der Waals surface area contributed by atoms with E-state index in [-0.39, 0.29) is 10.5 Å². The minimum Gasteiger partial charge on any atom is -0.465 e. The van der Waals surface area contributed by atoms with Gasteiger partial charge in [0.05, 0.1) is 7.11 Å². The summed E-state index contributed by atoms with van der Waals surface area (Å²) in [6.45, 7) is 0.0662. The second kappa shape index (κ2) is 7.32. The highest BCUT2D eigenvalue weighted by Gasteiger charge is 2.41. The zero-order valence-electron chi connectivity index (χ0n) is 8.51. The Labute approximate surface area is 101 Å². The molecule has 0 aromatic carbocycles. The molecule has 3 nitrogen and oxygen atoms in total. The summed E-state index contributed by atoms with van der Waals surface area (Å²) in [5.41, 5.74) is 0. The number of unbranched alkanes of at least 4 members (excludes halogenated alkanes) is 1. The van der Waals surface area contributed by atoms with Crippen molar-refractivity contribution in [3.8, 4) is 0 Å². The van der Waals surface area contributed by atoms with Crippen molar-refractivity contribution in [3.05, 3.63) is 0 Å². The molecule has 0 fully saturated rings. The molecule has 0 aliphatic carbocycles. The molecular weight excluding hydrogens is 321 g/mol. The largest absolute Gasteiger partial charge is 0.465 e. The fourth-order valence-electron chi connectivity index (χ4n) is 1.09. The SMILES string of the molecule is COC(=O)C(F)(F)CC(I)CCCCO. The predicted molar refractivity (Wildman–Crippen MR) is 60.3 cm³/mol. The quantitative estimate of drug-likeness (QED) is 0.335. The number of rotatable bonds is 7. The van der Waals surface area contributed by atoms with Crippen molar-refractivity contribution >= 4 is 28.6 Å². The third kappa shape index (κ3) is 6.24. The van der Waals surface area contributed by atoms with Gasteiger partial charge in [-0.1, -0.05) is 29.0 Å². The van der Waals surface area contributed by atoms with E-state index in [9.17, 15) is 13.6 Å². The van der Waals surface area contributed by atoms with Crippen LogP contribution >= 0.6 is 22.6 Å². The van der Waals surface area contributed by atoms with E-state index in [2.05, 4.69) is 4.74 Å². The van der Waals surface area contributed by atoms with Crippen LogP contribution in [0.25, 0.3) is 0 Å². The second-order valence-corrected chi connectivity index (χ2v) is 4.98. The number of halogens is 3. The number of carbonyl (C=O) groups is 1. The van der Waals surface area contributed by atoms with Crippen LogP contribution in [-0.4, -0.2) is 34.6 Å². The van der Waals surface area contributed by atoms with Crippen molar-refractivity contribution in [1.82, 2.24) is 0 Å². The summed E-state index contributed by atoms with van der Waals surface area (Å²) in [5, 5.41) is 8.51. The van der Waals surface area contributed by atoms with Crippen LogP contribution < -0.4 is 0 Å². The Morgan fingerprint density at radius 3 is 2.60 bits per heavy atom. The van der Waals surface area contributed by atoms with Gasteiger partial charge in [-0.3, -0.25) is 0 Å². The summed E-state index contributed by atoms with van der Waals surface area (Å²) < 4.78 is 29.8. The van der Waals surface area contributed by atoms with Gasteiger partial charge in [-0.2, -0.15) is 8.78 Å². The molecule has 0 amide bonds. The van der Waals surface area contributed by atoms with Gasteiger partial charge in [0.1, 0.15) is 0 Å². The molecule has 90 valence electrons. The lowest BCUT2D eigenvalue weighted by Crippen LogP contribution is -2.32. The van der Waals surface area contributed by atoms with Gasteiger partial charge in [0.15, 0.2) is 0 Å². The maximum absolute atomic E-state index is 13.0. The molecule has 15 heavy (non-hydrogen) atoms. The Kier molecular flexibility index (Phi) is 7.33. The monoisotopic (exact) mass is 336 g/mol. The van der Waals surface area contributed by atoms with Crippen LogP contribution in [0.1, 0.15) is 25.7 Å². The van der Waals surface area contributed by atoms with Gasteiger partial charge in [-0.05, 0) is 12.8 Å². The number of aliphatic hydroxyl groups excluding tert-OH is 1. The minimum atomic E-state index is -3.40. The molecule has 0 aliphatic rings. The summed E-state index contributed by atoms with van der Waals surface area (Å²) >= 11 is 1.89. The number of hydrogen-bond donors (Lipinski definition) is 1. The highest BCUT2D eigenvalue weighted by Crippen LogP contribution is 2.28. The van der Waals surface area contributed by atoms with Crippen LogP contribution in [0.15, 0.2) is 0 Å². The molecule has 0 aromatic heterocycles. The van der Waals surface area contributed by atoms with Gasteiger partial charge in [-0.15, -0.1) is 0 Å². The zero-order chi connectivity index (χ0) is 11.9. The molecule has 0 aromatic rings. The van der Waals surface area contributed by atoms with Gasteiger partial charge in [0.25, 0.3) is 0 Å². The van der Waals surface area contributed by atoms with Crippen molar-refractivity contribution in [2.45, 2.75) is 35.5 Å². The minimum absolute atomic E-state index is 0.0662. The van der Waals surface area contributed by atoms with E-state index in [0.717, 1.165) is 7.11 Å². The molecule has 0 saturated heterocycles. The molecular formula is C9H15F2IO3. The third-order valence-electron chi connectivity index (χ3n) is 1.89. The number of ether oxygens (including phenoxy) is 1. The van der Waals surface area contributed by atoms with Gasteiger partial charge in [0.2, 0.25) is 0 Å². The van der Waals surface area contributed by atoms with E-state index in [1.807, 2.05) is 22.6 Å². The predicted octanol–water partition coefficient (Wildman–Crippen LogP) is 2.15. The van der Waals surface area contributed by atoms with Gasteiger partial charge >= 0.3 is 11.9 Å². The van der Waals surface area contributed by atoms with Crippen molar-refractivity contribution in [3.63, 3.8) is 0 Å². The number of methoxy groups -OCH3 is 1. The fourth-order valence-corrected chi connectivity index (χ4v) is 2.08. The Hall–Kier alpha value is 0.0200.